The average Bonchev–Trinajstić information content (AvgIpc) is 3.70. The predicted octanol–water partition coefficient (Wildman–Crippen LogP) is 3.21. The van der Waals surface area contributed by atoms with Crippen molar-refractivity contribution in [3.05, 3.63) is 59.6 Å². The van der Waals surface area contributed by atoms with E-state index in [1.54, 1.807) is 17.2 Å². The molecule has 0 saturated carbocycles. The molecule has 3 aromatic heterocycles. The summed E-state index contributed by atoms with van der Waals surface area (Å²) in [6, 6.07) is 5.17. The summed E-state index contributed by atoms with van der Waals surface area (Å²) in [5.41, 5.74) is 0.942. The summed E-state index contributed by atoms with van der Waals surface area (Å²) >= 11 is 6.23. The lowest BCUT2D eigenvalue weighted by molar-refractivity contribution is -0.130. The van der Waals surface area contributed by atoms with E-state index >= 15 is 0 Å². The number of nitrogens with one attached hydrogen (secondary N) is 1. The molecule has 2 fully saturated rings. The second kappa shape index (κ2) is 12.0. The van der Waals surface area contributed by atoms with Crippen molar-refractivity contribution in [3.8, 4) is 17.0 Å². The van der Waals surface area contributed by atoms with E-state index < -0.39 is 18.6 Å². The van der Waals surface area contributed by atoms with Gasteiger partial charge >= 0.3 is 6.61 Å². The van der Waals surface area contributed by atoms with E-state index in [-0.39, 0.29) is 39.2 Å². The molecule has 12 nitrogen and oxygen atoms in total. The van der Waals surface area contributed by atoms with Crippen LogP contribution in [-0.2, 0) is 9.53 Å². The fourth-order valence-electron chi connectivity index (χ4n) is 5.18. The van der Waals surface area contributed by atoms with Crippen LogP contribution in [0.1, 0.15) is 22.8 Å². The molecule has 6 rings (SSSR count). The van der Waals surface area contributed by atoms with Gasteiger partial charge in [0.15, 0.2) is 5.65 Å². The van der Waals surface area contributed by atoms with Crippen LogP contribution >= 0.6 is 11.6 Å². The zero-order valence-corrected chi connectivity index (χ0v) is 23.1. The highest BCUT2D eigenvalue weighted by Crippen LogP contribution is 2.38. The van der Waals surface area contributed by atoms with Crippen molar-refractivity contribution in [1.29, 1.82) is 0 Å². The molecule has 2 amide bonds. The fraction of sp³-hybridized carbons (Fsp3) is 0.370. The van der Waals surface area contributed by atoms with Crippen molar-refractivity contribution >= 4 is 34.7 Å². The molecule has 42 heavy (non-hydrogen) atoms. The lowest BCUT2D eigenvalue weighted by atomic mass is 10.1. The summed E-state index contributed by atoms with van der Waals surface area (Å²) in [4.78, 5) is 35.1. The maximum absolute atomic E-state index is 13.4. The van der Waals surface area contributed by atoms with Crippen LogP contribution in [-0.4, -0.2) is 98.5 Å². The highest BCUT2D eigenvalue weighted by Gasteiger charge is 2.35. The van der Waals surface area contributed by atoms with Crippen LogP contribution in [0.25, 0.3) is 16.9 Å². The molecule has 0 bridgehead atoms. The van der Waals surface area contributed by atoms with Gasteiger partial charge in [0.05, 0.1) is 31.3 Å². The van der Waals surface area contributed by atoms with Crippen molar-refractivity contribution < 1.29 is 27.8 Å². The highest BCUT2D eigenvalue weighted by molar-refractivity contribution is 6.31. The summed E-state index contributed by atoms with van der Waals surface area (Å²) in [6.45, 7) is 1.72. The van der Waals surface area contributed by atoms with Crippen LogP contribution < -0.4 is 10.1 Å². The number of amides is 2. The van der Waals surface area contributed by atoms with Gasteiger partial charge in [0.1, 0.15) is 23.0 Å². The molecule has 4 aromatic rings. The molecule has 1 atom stereocenters. The number of aromatic nitrogens is 5. The number of hydrogen-bond donors (Lipinski definition) is 1. The number of rotatable bonds is 9. The molecule has 1 aromatic carbocycles. The number of anilines is 1. The van der Waals surface area contributed by atoms with Crippen molar-refractivity contribution in [1.82, 2.24) is 34.2 Å². The molecule has 15 heteroatoms. The molecule has 1 N–H and O–H groups in total. The molecule has 2 aliphatic rings. The van der Waals surface area contributed by atoms with E-state index in [2.05, 4.69) is 25.4 Å². The van der Waals surface area contributed by atoms with Crippen LogP contribution in [0, 0.1) is 0 Å². The Labute approximate surface area is 243 Å². The zero-order valence-electron chi connectivity index (χ0n) is 22.3. The van der Waals surface area contributed by atoms with Crippen molar-refractivity contribution in [2.45, 2.75) is 19.1 Å². The summed E-state index contributed by atoms with van der Waals surface area (Å²) in [7, 11) is 0. The smallest absolute Gasteiger partial charge is 0.387 e. The average molecular weight is 601 g/mol. The molecule has 1 unspecified atom stereocenters. The molecule has 0 aliphatic carbocycles. The summed E-state index contributed by atoms with van der Waals surface area (Å²) in [6.07, 6.45) is 6.57. The van der Waals surface area contributed by atoms with E-state index in [9.17, 15) is 18.4 Å². The van der Waals surface area contributed by atoms with Gasteiger partial charge in [0.25, 0.3) is 5.91 Å². The number of carbonyl (C=O) groups is 2. The Bertz CT molecular complexity index is 1610. The number of likely N-dealkylation sites (tertiary alicyclic amines) is 1. The van der Waals surface area contributed by atoms with Crippen LogP contribution in [0.2, 0.25) is 5.02 Å². The van der Waals surface area contributed by atoms with E-state index in [1.807, 2.05) is 0 Å². The molecular weight excluding hydrogens is 574 g/mol. The SMILES string of the molecule is O=C(Nc1cn(C2CCN(CCN3CCOCC3)C2=O)nc1-c1cc(Cl)ccc1OC(F)F)c1cnn2cccnc12. The molecule has 2 aliphatic heterocycles. The summed E-state index contributed by atoms with van der Waals surface area (Å²) in [5.74, 6) is -0.845. The molecule has 0 spiro atoms. The largest absolute Gasteiger partial charge is 0.434 e. The third-order valence-electron chi connectivity index (χ3n) is 7.30. The first-order chi connectivity index (χ1) is 20.4. The Morgan fingerprint density at radius 2 is 2.05 bits per heavy atom. The number of nitrogens with zero attached hydrogens (tertiary/aromatic N) is 7. The Kier molecular flexibility index (Phi) is 8.00. The van der Waals surface area contributed by atoms with Gasteiger partial charge < -0.3 is 19.7 Å². The number of hydrogen-bond acceptors (Lipinski definition) is 8. The van der Waals surface area contributed by atoms with Crippen LogP contribution in [0.15, 0.2) is 49.1 Å². The number of benzene rings is 1. The predicted molar refractivity (Wildman–Crippen MR) is 148 cm³/mol. The number of carbonyl (C=O) groups excluding carboxylic acids is 2. The second-order valence-electron chi connectivity index (χ2n) is 9.87. The molecule has 220 valence electrons. The first-order valence-corrected chi connectivity index (χ1v) is 13.8. The van der Waals surface area contributed by atoms with E-state index in [0.29, 0.717) is 38.4 Å². The van der Waals surface area contributed by atoms with Gasteiger partial charge in [-0.3, -0.25) is 19.2 Å². The normalized spacial score (nSPS) is 17.9. The second-order valence-corrected chi connectivity index (χ2v) is 10.3. The molecular formula is C27H27ClF2N8O4. The number of morpholine rings is 1. The summed E-state index contributed by atoms with van der Waals surface area (Å²) < 4.78 is 39.6. The van der Waals surface area contributed by atoms with Crippen molar-refractivity contribution in [3.63, 3.8) is 0 Å². The van der Waals surface area contributed by atoms with Crippen LogP contribution in [0.4, 0.5) is 14.5 Å². The van der Waals surface area contributed by atoms with E-state index in [4.69, 9.17) is 21.1 Å². The minimum absolute atomic E-state index is 0.114. The molecule has 2 saturated heterocycles. The maximum Gasteiger partial charge on any atom is 0.387 e. The minimum Gasteiger partial charge on any atom is -0.434 e. The number of ether oxygens (including phenoxy) is 2. The van der Waals surface area contributed by atoms with Crippen molar-refractivity contribution in [2.75, 3.05) is 51.3 Å². The Morgan fingerprint density at radius 1 is 1.21 bits per heavy atom. The van der Waals surface area contributed by atoms with Gasteiger partial charge in [-0.15, -0.1) is 0 Å². The lowest BCUT2D eigenvalue weighted by Crippen LogP contribution is -2.42. The maximum atomic E-state index is 13.4. The van der Waals surface area contributed by atoms with E-state index in [1.165, 1.54) is 46.0 Å². The standard InChI is InChI=1S/C27H27ClF2N8O4/c28-17-2-3-22(42-27(29)30)18(14-17)23-20(33-25(39)19-15-32-37-6-1-5-31-24(19)37)16-38(34-23)21-4-7-36(26(21)40)9-8-35-10-12-41-13-11-35/h1-3,5-6,14-16,21,27H,4,7-13H2,(H,33,39). The zero-order chi connectivity index (χ0) is 29.2. The minimum atomic E-state index is -3.11. The Morgan fingerprint density at radius 3 is 2.86 bits per heavy atom. The van der Waals surface area contributed by atoms with Crippen LogP contribution in [0.5, 0.6) is 5.75 Å². The lowest BCUT2D eigenvalue weighted by Gasteiger charge is -2.28. The van der Waals surface area contributed by atoms with Gasteiger partial charge in [0.2, 0.25) is 5.91 Å². The number of alkyl halides is 2. The topological polar surface area (TPSA) is 119 Å². The van der Waals surface area contributed by atoms with Crippen LogP contribution in [0.3, 0.4) is 0 Å². The first-order valence-electron chi connectivity index (χ1n) is 13.4. The highest BCUT2D eigenvalue weighted by atomic mass is 35.5. The van der Waals surface area contributed by atoms with E-state index in [0.717, 1.165) is 19.6 Å². The van der Waals surface area contributed by atoms with Gasteiger partial charge in [-0.2, -0.15) is 19.0 Å². The third kappa shape index (κ3) is 5.78. The van der Waals surface area contributed by atoms with Gasteiger partial charge in [-0.05, 0) is 30.7 Å². The monoisotopic (exact) mass is 600 g/mol. The quantitative estimate of drug-likeness (QED) is 0.311. The van der Waals surface area contributed by atoms with Gasteiger partial charge in [0, 0.05) is 55.7 Å². The fourth-order valence-corrected chi connectivity index (χ4v) is 5.35. The van der Waals surface area contributed by atoms with Crippen molar-refractivity contribution in [2.24, 2.45) is 0 Å². The first kappa shape index (κ1) is 28.0. The summed E-state index contributed by atoms with van der Waals surface area (Å²) in [5, 5.41) is 11.8. The van der Waals surface area contributed by atoms with Gasteiger partial charge in [-0.25, -0.2) is 9.50 Å². The van der Waals surface area contributed by atoms with Gasteiger partial charge in [-0.1, -0.05) is 11.6 Å². The molecule has 0 radical (unpaired) electrons. The molecule has 5 heterocycles. The number of halogens is 3. The third-order valence-corrected chi connectivity index (χ3v) is 7.53. The Balaban J connectivity index is 1.31. The number of fused-ring (bicyclic) bond motifs is 1. The Hall–Kier alpha value is -4.14.